The highest BCUT2D eigenvalue weighted by molar-refractivity contribution is 9.10. The van der Waals surface area contributed by atoms with E-state index in [1.54, 1.807) is 12.1 Å². The van der Waals surface area contributed by atoms with Crippen molar-refractivity contribution < 1.29 is 19.5 Å². The molecule has 1 aromatic heterocycles. The lowest BCUT2D eigenvalue weighted by Gasteiger charge is -2.13. The Morgan fingerprint density at radius 2 is 1.81 bits per heavy atom. The molecule has 0 aliphatic carbocycles. The molecule has 9 nitrogen and oxygen atoms in total. The number of carboxylic acid groups (broad SMARTS) is 1. The molecule has 0 aliphatic rings. The summed E-state index contributed by atoms with van der Waals surface area (Å²) in [5.74, 6) is -1.10. The molecule has 0 unspecified atom stereocenters. The average Bonchev–Trinajstić information content (AvgIpc) is 2.61. The summed E-state index contributed by atoms with van der Waals surface area (Å²) < 4.78 is 0.574. The fraction of sp³-hybridized carbons (Fsp3) is 0.125. The Hall–Kier alpha value is -3.14. The van der Waals surface area contributed by atoms with Crippen LogP contribution in [0, 0.1) is 0 Å². The molecule has 10 heteroatoms. The summed E-state index contributed by atoms with van der Waals surface area (Å²) in [6.07, 6.45) is 0.407. The molecule has 0 saturated carbocycles. The molecule has 0 bridgehead atoms. The predicted molar refractivity (Wildman–Crippen MR) is 97.2 cm³/mol. The standard InChI is InChI=1S/C16H16BrN5O4/c1-22(16(25)26)8-9-2-4-10(5-3-9)14(23)20-21-15(24)12-6-11(17)7-19-13(12)18/h2-7H,8H2,1H3,(H2,18,19)(H,20,23)(H,21,24)(H,25,26). The second-order valence-electron chi connectivity index (χ2n) is 5.33. The number of rotatable bonds is 4. The smallest absolute Gasteiger partial charge is 0.407 e. The van der Waals surface area contributed by atoms with Gasteiger partial charge in [0.2, 0.25) is 0 Å². The van der Waals surface area contributed by atoms with Crippen molar-refractivity contribution in [2.75, 3.05) is 12.8 Å². The van der Waals surface area contributed by atoms with Crippen LogP contribution in [0.5, 0.6) is 0 Å². The van der Waals surface area contributed by atoms with Crippen molar-refractivity contribution in [2.24, 2.45) is 0 Å². The summed E-state index contributed by atoms with van der Waals surface area (Å²) in [5.41, 5.74) is 11.3. The van der Waals surface area contributed by atoms with E-state index in [4.69, 9.17) is 10.8 Å². The molecule has 1 aromatic carbocycles. The number of nitrogens with one attached hydrogen (secondary N) is 2. The van der Waals surface area contributed by atoms with Crippen molar-refractivity contribution in [1.29, 1.82) is 0 Å². The molecule has 0 aliphatic heterocycles. The highest BCUT2D eigenvalue weighted by Crippen LogP contribution is 2.15. The topological polar surface area (TPSA) is 138 Å². The molecular weight excluding hydrogens is 406 g/mol. The lowest BCUT2D eigenvalue weighted by molar-refractivity contribution is 0.0847. The van der Waals surface area contributed by atoms with Gasteiger partial charge in [-0.05, 0) is 39.7 Å². The minimum absolute atomic E-state index is 0.0341. The van der Waals surface area contributed by atoms with Gasteiger partial charge in [-0.2, -0.15) is 0 Å². The van der Waals surface area contributed by atoms with E-state index < -0.39 is 17.9 Å². The first-order valence-corrected chi connectivity index (χ1v) is 8.12. The summed E-state index contributed by atoms with van der Waals surface area (Å²) in [4.78, 5) is 39.9. The molecule has 2 rings (SSSR count). The number of pyridine rings is 1. The predicted octanol–water partition coefficient (Wildman–Crippen LogP) is 1.61. The molecule has 0 saturated heterocycles. The monoisotopic (exact) mass is 421 g/mol. The van der Waals surface area contributed by atoms with Gasteiger partial charge in [0.15, 0.2) is 0 Å². The molecule has 26 heavy (non-hydrogen) atoms. The van der Waals surface area contributed by atoms with E-state index in [-0.39, 0.29) is 17.9 Å². The van der Waals surface area contributed by atoms with E-state index in [1.807, 2.05) is 0 Å². The Labute approximate surface area is 157 Å². The average molecular weight is 422 g/mol. The summed E-state index contributed by atoms with van der Waals surface area (Å²) >= 11 is 3.19. The third kappa shape index (κ3) is 4.93. The van der Waals surface area contributed by atoms with Crippen molar-refractivity contribution in [1.82, 2.24) is 20.7 Å². The highest BCUT2D eigenvalue weighted by Gasteiger charge is 2.13. The number of halogens is 1. The maximum absolute atomic E-state index is 12.1. The number of hydrazine groups is 1. The molecule has 0 radical (unpaired) electrons. The first-order valence-electron chi connectivity index (χ1n) is 7.32. The lowest BCUT2D eigenvalue weighted by Crippen LogP contribution is -2.42. The second-order valence-corrected chi connectivity index (χ2v) is 6.25. The van der Waals surface area contributed by atoms with E-state index in [0.29, 0.717) is 10.0 Å². The fourth-order valence-electron chi connectivity index (χ4n) is 1.99. The quantitative estimate of drug-likeness (QED) is 0.553. The Kier molecular flexibility index (Phi) is 6.12. The second kappa shape index (κ2) is 8.30. The normalized spacial score (nSPS) is 10.1. The number of aromatic nitrogens is 1. The van der Waals surface area contributed by atoms with Crippen LogP contribution in [0.15, 0.2) is 41.0 Å². The number of nitrogens with two attached hydrogens (primary N) is 1. The molecule has 0 atom stereocenters. The van der Waals surface area contributed by atoms with Gasteiger partial charge in [0, 0.05) is 29.8 Å². The Bertz CT molecular complexity index is 841. The van der Waals surface area contributed by atoms with Gasteiger partial charge in [0.05, 0.1) is 5.56 Å². The number of anilines is 1. The zero-order valence-electron chi connectivity index (χ0n) is 13.7. The summed E-state index contributed by atoms with van der Waals surface area (Å²) in [6.45, 7) is 0.198. The van der Waals surface area contributed by atoms with Crippen LogP contribution in [0.1, 0.15) is 26.3 Å². The van der Waals surface area contributed by atoms with E-state index in [2.05, 4.69) is 31.8 Å². The van der Waals surface area contributed by atoms with Gasteiger partial charge in [0.1, 0.15) is 5.82 Å². The van der Waals surface area contributed by atoms with Gasteiger partial charge in [-0.1, -0.05) is 12.1 Å². The molecule has 136 valence electrons. The van der Waals surface area contributed by atoms with Crippen molar-refractivity contribution in [3.8, 4) is 0 Å². The zero-order chi connectivity index (χ0) is 19.3. The fourth-order valence-corrected chi connectivity index (χ4v) is 2.32. The van der Waals surface area contributed by atoms with E-state index in [0.717, 1.165) is 10.5 Å². The minimum atomic E-state index is -1.05. The van der Waals surface area contributed by atoms with Crippen LogP contribution in [0.25, 0.3) is 0 Å². The molecule has 1 heterocycles. The van der Waals surface area contributed by atoms with Crippen molar-refractivity contribution in [3.63, 3.8) is 0 Å². The summed E-state index contributed by atoms with van der Waals surface area (Å²) in [5, 5.41) is 8.84. The third-order valence-electron chi connectivity index (χ3n) is 3.38. The number of nitrogens with zero attached hydrogens (tertiary/aromatic N) is 2. The number of carbonyl (C=O) groups excluding carboxylic acids is 2. The molecule has 2 aromatic rings. The van der Waals surface area contributed by atoms with Crippen LogP contribution in [-0.4, -0.2) is 39.9 Å². The van der Waals surface area contributed by atoms with Crippen LogP contribution >= 0.6 is 15.9 Å². The summed E-state index contributed by atoms with van der Waals surface area (Å²) in [7, 11) is 1.45. The number of hydrogen-bond donors (Lipinski definition) is 4. The lowest BCUT2D eigenvalue weighted by atomic mass is 10.1. The molecule has 5 N–H and O–H groups in total. The van der Waals surface area contributed by atoms with Gasteiger partial charge in [-0.25, -0.2) is 9.78 Å². The van der Waals surface area contributed by atoms with Gasteiger partial charge >= 0.3 is 6.09 Å². The van der Waals surface area contributed by atoms with Gasteiger partial charge in [-0.3, -0.25) is 20.4 Å². The largest absolute Gasteiger partial charge is 0.465 e. The number of hydrogen-bond acceptors (Lipinski definition) is 5. The third-order valence-corrected chi connectivity index (χ3v) is 3.82. The van der Waals surface area contributed by atoms with Crippen LogP contribution < -0.4 is 16.6 Å². The van der Waals surface area contributed by atoms with E-state index >= 15 is 0 Å². The summed E-state index contributed by atoms with van der Waals surface area (Å²) in [6, 6.07) is 7.80. The van der Waals surface area contributed by atoms with Crippen molar-refractivity contribution in [3.05, 3.63) is 57.7 Å². The van der Waals surface area contributed by atoms with Crippen LogP contribution in [0.4, 0.5) is 10.6 Å². The number of carbonyl (C=O) groups is 3. The SMILES string of the molecule is CN(Cc1ccc(C(=O)NNC(=O)c2cc(Br)cnc2N)cc1)C(=O)O. The molecule has 0 spiro atoms. The number of amides is 3. The van der Waals surface area contributed by atoms with E-state index in [9.17, 15) is 14.4 Å². The van der Waals surface area contributed by atoms with Gasteiger partial charge in [-0.15, -0.1) is 0 Å². The van der Waals surface area contributed by atoms with Crippen molar-refractivity contribution >= 4 is 39.7 Å². The van der Waals surface area contributed by atoms with Gasteiger partial charge in [0.25, 0.3) is 11.8 Å². The maximum Gasteiger partial charge on any atom is 0.407 e. The molecule has 0 fully saturated rings. The number of nitrogen functional groups attached to an aromatic ring is 1. The van der Waals surface area contributed by atoms with Crippen molar-refractivity contribution in [2.45, 2.75) is 6.54 Å². The van der Waals surface area contributed by atoms with Crippen LogP contribution in [-0.2, 0) is 6.54 Å². The minimum Gasteiger partial charge on any atom is -0.465 e. The Morgan fingerprint density at radius 3 is 2.42 bits per heavy atom. The Morgan fingerprint density at radius 1 is 1.19 bits per heavy atom. The van der Waals surface area contributed by atoms with Gasteiger partial charge < -0.3 is 15.7 Å². The molecule has 3 amide bonds. The van der Waals surface area contributed by atoms with E-state index in [1.165, 1.54) is 31.4 Å². The first-order chi connectivity index (χ1) is 12.3. The van der Waals surface area contributed by atoms with Crippen LogP contribution in [0.3, 0.4) is 0 Å². The Balaban J connectivity index is 1.96. The number of benzene rings is 1. The first kappa shape index (κ1) is 19.2. The molecular formula is C16H16BrN5O4. The highest BCUT2D eigenvalue weighted by atomic mass is 79.9. The zero-order valence-corrected chi connectivity index (χ0v) is 15.3. The maximum atomic E-state index is 12.1. The van der Waals surface area contributed by atoms with Crippen LogP contribution in [0.2, 0.25) is 0 Å².